The van der Waals surface area contributed by atoms with E-state index in [4.69, 9.17) is 11.6 Å². The predicted molar refractivity (Wildman–Crippen MR) is 124 cm³/mol. The van der Waals surface area contributed by atoms with Gasteiger partial charge in [0.25, 0.3) is 0 Å². The van der Waals surface area contributed by atoms with Crippen LogP contribution in [0, 0.1) is 13.8 Å². The van der Waals surface area contributed by atoms with Crippen molar-refractivity contribution in [3.63, 3.8) is 0 Å². The number of halogens is 1. The number of aromatic nitrogens is 5. The summed E-state index contributed by atoms with van der Waals surface area (Å²) in [5.41, 5.74) is 3.35. The van der Waals surface area contributed by atoms with Gasteiger partial charge in [0.2, 0.25) is 11.9 Å². The number of nitrogens with zero attached hydrogens (tertiary/aromatic N) is 6. The fourth-order valence-corrected chi connectivity index (χ4v) is 4.74. The molecule has 164 valence electrons. The van der Waals surface area contributed by atoms with E-state index in [-0.39, 0.29) is 11.2 Å². The highest BCUT2D eigenvalue weighted by atomic mass is 35.5. The van der Waals surface area contributed by atoms with Gasteiger partial charge in [0.1, 0.15) is 0 Å². The number of benzene rings is 1. The summed E-state index contributed by atoms with van der Waals surface area (Å²) >= 11 is 7.63. The van der Waals surface area contributed by atoms with E-state index in [1.165, 1.54) is 11.8 Å². The highest BCUT2D eigenvalue weighted by Gasteiger charge is 2.26. The second kappa shape index (κ2) is 8.92. The van der Waals surface area contributed by atoms with Crippen molar-refractivity contribution in [3.05, 3.63) is 40.7 Å². The summed E-state index contributed by atoms with van der Waals surface area (Å²) in [4.78, 5) is 15.2. The van der Waals surface area contributed by atoms with E-state index < -0.39 is 0 Å². The number of hydrogen-bond acceptors (Lipinski definition) is 6. The first-order valence-corrected chi connectivity index (χ1v) is 11.5. The highest BCUT2D eigenvalue weighted by Crippen LogP contribution is 2.32. The molecule has 0 spiro atoms. The minimum atomic E-state index is -0.382. The van der Waals surface area contributed by atoms with Gasteiger partial charge in [-0.2, -0.15) is 5.10 Å². The van der Waals surface area contributed by atoms with Crippen LogP contribution in [-0.2, 0) is 11.8 Å². The van der Waals surface area contributed by atoms with Crippen LogP contribution in [0.2, 0.25) is 5.02 Å². The number of amides is 1. The fraction of sp³-hybridized carbons (Fsp3) is 0.429. The average Bonchev–Trinajstić information content (AvgIpc) is 3.45. The van der Waals surface area contributed by atoms with E-state index >= 15 is 0 Å². The number of aryl methyl sites for hydroxylation is 2. The van der Waals surface area contributed by atoms with Crippen molar-refractivity contribution in [2.75, 3.05) is 23.3 Å². The lowest BCUT2D eigenvalue weighted by Gasteiger charge is -2.19. The Balaban J connectivity index is 1.61. The maximum Gasteiger partial charge on any atom is 0.237 e. The maximum atomic E-state index is 12.9. The lowest BCUT2D eigenvalue weighted by atomic mass is 10.3. The third-order valence-corrected chi connectivity index (χ3v) is 6.76. The summed E-state index contributed by atoms with van der Waals surface area (Å²) < 4.78 is 3.76. The van der Waals surface area contributed by atoms with Crippen LogP contribution in [0.15, 0.2) is 29.4 Å². The maximum absolute atomic E-state index is 12.9. The lowest BCUT2D eigenvalue weighted by Crippen LogP contribution is -2.24. The zero-order chi connectivity index (χ0) is 22.1. The molecule has 10 heteroatoms. The molecule has 3 aromatic rings. The van der Waals surface area contributed by atoms with Crippen molar-refractivity contribution in [2.24, 2.45) is 7.05 Å². The Morgan fingerprint density at radius 3 is 2.61 bits per heavy atom. The Morgan fingerprint density at radius 1 is 1.23 bits per heavy atom. The molecule has 0 radical (unpaired) electrons. The van der Waals surface area contributed by atoms with Gasteiger partial charge in [0, 0.05) is 25.2 Å². The van der Waals surface area contributed by atoms with Crippen LogP contribution in [0.4, 0.5) is 11.6 Å². The van der Waals surface area contributed by atoms with E-state index in [0.717, 1.165) is 54.6 Å². The largest absolute Gasteiger partial charge is 0.341 e. The number of hydrogen-bond donors (Lipinski definition) is 1. The monoisotopic (exact) mass is 459 g/mol. The van der Waals surface area contributed by atoms with Crippen LogP contribution in [0.3, 0.4) is 0 Å². The van der Waals surface area contributed by atoms with Crippen molar-refractivity contribution in [1.29, 1.82) is 0 Å². The minimum absolute atomic E-state index is 0.104. The van der Waals surface area contributed by atoms with E-state index in [1.807, 2.05) is 56.7 Å². The molecule has 1 atom stereocenters. The molecule has 4 rings (SSSR count). The lowest BCUT2D eigenvalue weighted by molar-refractivity contribution is -0.115. The normalized spacial score (nSPS) is 14.8. The average molecular weight is 460 g/mol. The molecule has 1 saturated heterocycles. The van der Waals surface area contributed by atoms with Crippen LogP contribution in [0.1, 0.15) is 31.2 Å². The molecule has 1 aromatic carbocycles. The fourth-order valence-electron chi connectivity index (χ4n) is 3.69. The molecule has 8 nitrogen and oxygen atoms in total. The first-order valence-electron chi connectivity index (χ1n) is 10.3. The molecule has 1 aliphatic rings. The molecule has 1 fully saturated rings. The first-order chi connectivity index (χ1) is 14.8. The van der Waals surface area contributed by atoms with Crippen LogP contribution >= 0.6 is 23.4 Å². The molecule has 0 bridgehead atoms. The molecule has 1 unspecified atom stereocenters. The number of nitrogens with one attached hydrogen (secondary N) is 1. The topological polar surface area (TPSA) is 80.9 Å². The Morgan fingerprint density at radius 2 is 1.97 bits per heavy atom. The van der Waals surface area contributed by atoms with Gasteiger partial charge in [-0.1, -0.05) is 29.4 Å². The quantitative estimate of drug-likeness (QED) is 0.561. The van der Waals surface area contributed by atoms with Gasteiger partial charge >= 0.3 is 0 Å². The smallest absolute Gasteiger partial charge is 0.237 e. The van der Waals surface area contributed by atoms with E-state index in [2.05, 4.69) is 25.5 Å². The van der Waals surface area contributed by atoms with Crippen molar-refractivity contribution >= 4 is 40.9 Å². The number of carbonyl (C=O) groups is 1. The molecule has 2 aromatic heterocycles. The Hall–Kier alpha value is -2.52. The Labute approximate surface area is 191 Å². The summed E-state index contributed by atoms with van der Waals surface area (Å²) in [5.74, 6) is 0.682. The van der Waals surface area contributed by atoms with Crippen LogP contribution in [-0.4, -0.2) is 48.8 Å². The number of carbonyl (C=O) groups excluding carboxylic acids is 1. The van der Waals surface area contributed by atoms with Crippen molar-refractivity contribution in [2.45, 2.75) is 44.0 Å². The second-order valence-corrected chi connectivity index (χ2v) is 9.46. The van der Waals surface area contributed by atoms with Gasteiger partial charge in [-0.25, -0.2) is 0 Å². The zero-order valence-corrected chi connectivity index (χ0v) is 19.7. The second-order valence-electron chi connectivity index (χ2n) is 7.71. The third-order valence-electron chi connectivity index (χ3n) is 5.48. The first kappa shape index (κ1) is 21.7. The number of anilines is 2. The molecular weight excluding hydrogens is 434 g/mol. The Kier molecular flexibility index (Phi) is 6.24. The zero-order valence-electron chi connectivity index (χ0n) is 18.1. The minimum Gasteiger partial charge on any atom is -0.341 e. The van der Waals surface area contributed by atoms with Gasteiger partial charge in [0.15, 0.2) is 5.16 Å². The standard InChI is InChI=1S/C21H26ClN7OS/c1-13-18(14(2)27(4)26-13)23-19(30)15(3)31-21-25-24-20(28-10-5-6-11-28)29(21)17-9-7-8-16(22)12-17/h7-9,12,15H,5-6,10-11H2,1-4H3,(H,23,30). The van der Waals surface area contributed by atoms with E-state index in [1.54, 1.807) is 4.68 Å². The molecule has 0 saturated carbocycles. The van der Waals surface area contributed by atoms with Gasteiger partial charge in [0.05, 0.1) is 28.0 Å². The Bertz CT molecular complexity index is 1100. The molecule has 0 aliphatic carbocycles. The molecule has 1 amide bonds. The number of thioether (sulfide) groups is 1. The predicted octanol–water partition coefficient (Wildman–Crippen LogP) is 3.99. The molecule has 3 heterocycles. The van der Waals surface area contributed by atoms with Gasteiger partial charge < -0.3 is 10.2 Å². The molecule has 1 aliphatic heterocycles. The van der Waals surface area contributed by atoms with Crippen molar-refractivity contribution in [1.82, 2.24) is 24.5 Å². The summed E-state index contributed by atoms with van der Waals surface area (Å²) in [6, 6.07) is 7.62. The van der Waals surface area contributed by atoms with Crippen LogP contribution in [0.25, 0.3) is 5.69 Å². The summed E-state index contributed by atoms with van der Waals surface area (Å²) in [6.45, 7) is 7.58. The van der Waals surface area contributed by atoms with Gasteiger partial charge in [-0.15, -0.1) is 10.2 Å². The third kappa shape index (κ3) is 4.43. The van der Waals surface area contributed by atoms with E-state index in [0.29, 0.717) is 10.2 Å². The summed E-state index contributed by atoms with van der Waals surface area (Å²) in [6.07, 6.45) is 2.26. The van der Waals surface area contributed by atoms with Crippen molar-refractivity contribution in [3.8, 4) is 5.69 Å². The number of rotatable bonds is 6. The van der Waals surface area contributed by atoms with Gasteiger partial charge in [-0.3, -0.25) is 14.0 Å². The summed E-state index contributed by atoms with van der Waals surface area (Å²) in [7, 11) is 1.86. The highest BCUT2D eigenvalue weighted by molar-refractivity contribution is 8.00. The summed E-state index contributed by atoms with van der Waals surface area (Å²) in [5, 5.41) is 17.2. The van der Waals surface area contributed by atoms with Gasteiger partial charge in [-0.05, 0) is 51.8 Å². The van der Waals surface area contributed by atoms with Crippen LogP contribution < -0.4 is 10.2 Å². The molecule has 1 N–H and O–H groups in total. The molecule has 31 heavy (non-hydrogen) atoms. The molecular formula is C21H26ClN7OS. The van der Waals surface area contributed by atoms with Crippen molar-refractivity contribution < 1.29 is 4.79 Å². The van der Waals surface area contributed by atoms with E-state index in [9.17, 15) is 4.79 Å². The van der Waals surface area contributed by atoms with Crippen LogP contribution in [0.5, 0.6) is 0 Å². The SMILES string of the molecule is Cc1nn(C)c(C)c1NC(=O)C(C)Sc1nnc(N2CCCC2)n1-c1cccc(Cl)c1.